The van der Waals surface area contributed by atoms with Gasteiger partial charge in [-0.2, -0.15) is 0 Å². The Morgan fingerprint density at radius 1 is 1.13 bits per heavy atom. The number of amides is 1. The second-order valence-electron chi connectivity index (χ2n) is 6.53. The fourth-order valence-corrected chi connectivity index (χ4v) is 2.75. The fraction of sp³-hybridized carbons (Fsp3) is 0.238. The van der Waals surface area contributed by atoms with Crippen molar-refractivity contribution in [3.8, 4) is 17.1 Å². The molecular weight excluding hydrogens is 404 g/mol. The average molecular weight is 422 g/mol. The molecule has 1 unspecified atom stereocenters. The van der Waals surface area contributed by atoms with Crippen LogP contribution in [0.25, 0.3) is 11.3 Å². The molecule has 1 N–H and O–H groups in total. The van der Waals surface area contributed by atoms with E-state index in [0.717, 1.165) is 0 Å². The van der Waals surface area contributed by atoms with Crippen LogP contribution >= 0.6 is 0 Å². The van der Waals surface area contributed by atoms with E-state index in [9.17, 15) is 22.4 Å². The van der Waals surface area contributed by atoms with Gasteiger partial charge < -0.3 is 14.5 Å². The predicted molar refractivity (Wildman–Crippen MR) is 99.9 cm³/mol. The number of nitrogens with one attached hydrogen (secondary N) is 1. The summed E-state index contributed by atoms with van der Waals surface area (Å²) in [6.45, 7) is 1.72. The maximum atomic E-state index is 13.0. The minimum absolute atomic E-state index is 0.114. The molecule has 0 radical (unpaired) electrons. The molecule has 158 valence electrons. The molecular formula is C21H18F4N2O3. The fourth-order valence-electron chi connectivity index (χ4n) is 2.75. The van der Waals surface area contributed by atoms with Gasteiger partial charge in [-0.05, 0) is 48.9 Å². The van der Waals surface area contributed by atoms with Gasteiger partial charge in [0.2, 0.25) is 5.91 Å². The third-order valence-electron chi connectivity index (χ3n) is 4.24. The van der Waals surface area contributed by atoms with Crippen LogP contribution < -0.4 is 10.1 Å². The van der Waals surface area contributed by atoms with E-state index >= 15 is 0 Å². The highest BCUT2D eigenvalue weighted by atomic mass is 19.4. The molecule has 0 saturated carbocycles. The van der Waals surface area contributed by atoms with E-state index in [1.54, 1.807) is 19.1 Å². The Labute approximate surface area is 169 Å². The first kappa shape index (κ1) is 21.4. The maximum Gasteiger partial charge on any atom is 0.573 e. The van der Waals surface area contributed by atoms with Gasteiger partial charge in [0.1, 0.15) is 11.6 Å². The molecule has 3 aromatic rings. The van der Waals surface area contributed by atoms with Gasteiger partial charge in [0, 0.05) is 18.4 Å². The molecule has 3 rings (SSSR count). The average Bonchev–Trinajstić information content (AvgIpc) is 3.15. The normalized spacial score (nSPS) is 12.4. The van der Waals surface area contributed by atoms with Gasteiger partial charge in [-0.15, -0.1) is 13.2 Å². The molecule has 0 aliphatic carbocycles. The van der Waals surface area contributed by atoms with Crippen LogP contribution in [0.1, 0.15) is 30.8 Å². The zero-order chi connectivity index (χ0) is 21.7. The van der Waals surface area contributed by atoms with Crippen LogP contribution in [0.2, 0.25) is 0 Å². The summed E-state index contributed by atoms with van der Waals surface area (Å²) in [5.74, 6) is -0.109. The summed E-state index contributed by atoms with van der Waals surface area (Å²) >= 11 is 0. The minimum Gasteiger partial charge on any atom is -0.441 e. The lowest BCUT2D eigenvalue weighted by Crippen LogP contribution is -2.26. The van der Waals surface area contributed by atoms with Gasteiger partial charge >= 0.3 is 6.36 Å². The van der Waals surface area contributed by atoms with E-state index in [0.29, 0.717) is 22.8 Å². The number of hydrogen-bond acceptors (Lipinski definition) is 4. The summed E-state index contributed by atoms with van der Waals surface area (Å²) < 4.78 is 59.0. The summed E-state index contributed by atoms with van der Waals surface area (Å²) in [4.78, 5) is 16.3. The number of carbonyl (C=O) groups is 1. The number of alkyl halides is 3. The Morgan fingerprint density at radius 2 is 1.80 bits per heavy atom. The van der Waals surface area contributed by atoms with Crippen molar-refractivity contribution in [2.75, 3.05) is 0 Å². The van der Waals surface area contributed by atoms with Gasteiger partial charge in [-0.25, -0.2) is 9.37 Å². The SMILES string of the molecule is CC(NC(=O)CCc1ncc(-c2ccc(F)cc2)o1)c1ccc(OC(F)(F)F)cc1. The van der Waals surface area contributed by atoms with E-state index in [4.69, 9.17) is 4.42 Å². The van der Waals surface area contributed by atoms with E-state index in [2.05, 4.69) is 15.0 Å². The van der Waals surface area contributed by atoms with Crippen molar-refractivity contribution in [1.29, 1.82) is 0 Å². The standard InChI is InChI=1S/C21H18F4N2O3/c1-13(14-4-8-17(9-5-14)30-21(23,24)25)27-19(28)10-11-20-26-12-18(29-20)15-2-6-16(22)7-3-15/h2-9,12-13H,10-11H2,1H3,(H,27,28). The number of halogens is 4. The first-order chi connectivity index (χ1) is 14.2. The Bertz CT molecular complexity index is 983. The Hall–Kier alpha value is -3.36. The van der Waals surface area contributed by atoms with Crippen LogP contribution in [0, 0.1) is 5.82 Å². The lowest BCUT2D eigenvalue weighted by molar-refractivity contribution is -0.274. The maximum absolute atomic E-state index is 13.0. The highest BCUT2D eigenvalue weighted by Gasteiger charge is 2.31. The minimum atomic E-state index is -4.75. The lowest BCUT2D eigenvalue weighted by Gasteiger charge is -2.15. The molecule has 30 heavy (non-hydrogen) atoms. The summed E-state index contributed by atoms with van der Waals surface area (Å²) in [6, 6.07) is 10.6. The third kappa shape index (κ3) is 6.07. The molecule has 5 nitrogen and oxygen atoms in total. The first-order valence-corrected chi connectivity index (χ1v) is 9.05. The van der Waals surface area contributed by atoms with Gasteiger partial charge in [0.25, 0.3) is 0 Å². The Kier molecular flexibility index (Phi) is 6.39. The van der Waals surface area contributed by atoms with Crippen molar-refractivity contribution in [2.24, 2.45) is 0 Å². The van der Waals surface area contributed by atoms with Crippen molar-refractivity contribution >= 4 is 5.91 Å². The number of carbonyl (C=O) groups excluding carboxylic acids is 1. The van der Waals surface area contributed by atoms with Gasteiger partial charge in [-0.3, -0.25) is 4.79 Å². The van der Waals surface area contributed by atoms with Crippen molar-refractivity contribution in [2.45, 2.75) is 32.2 Å². The number of rotatable bonds is 7. The van der Waals surface area contributed by atoms with Crippen LogP contribution in [-0.4, -0.2) is 17.3 Å². The van der Waals surface area contributed by atoms with E-state index in [-0.39, 0.29) is 30.3 Å². The highest BCUT2D eigenvalue weighted by Crippen LogP contribution is 2.25. The molecule has 1 aromatic heterocycles. The van der Waals surface area contributed by atoms with E-state index in [1.165, 1.54) is 42.6 Å². The van der Waals surface area contributed by atoms with Crippen molar-refractivity contribution in [3.05, 3.63) is 72.0 Å². The summed E-state index contributed by atoms with van der Waals surface area (Å²) in [5, 5.41) is 2.77. The number of benzene rings is 2. The number of aryl methyl sites for hydroxylation is 1. The molecule has 1 atom stereocenters. The summed E-state index contributed by atoms with van der Waals surface area (Å²) in [6.07, 6.45) is -2.87. The topological polar surface area (TPSA) is 64.4 Å². The highest BCUT2D eigenvalue weighted by molar-refractivity contribution is 5.76. The van der Waals surface area contributed by atoms with Crippen molar-refractivity contribution in [1.82, 2.24) is 10.3 Å². The van der Waals surface area contributed by atoms with Crippen LogP contribution in [0.5, 0.6) is 5.75 Å². The molecule has 1 amide bonds. The third-order valence-corrected chi connectivity index (χ3v) is 4.24. The first-order valence-electron chi connectivity index (χ1n) is 9.05. The molecule has 2 aromatic carbocycles. The van der Waals surface area contributed by atoms with Crippen LogP contribution in [0.4, 0.5) is 17.6 Å². The second kappa shape index (κ2) is 8.98. The molecule has 0 bridgehead atoms. The monoisotopic (exact) mass is 422 g/mol. The molecule has 9 heteroatoms. The van der Waals surface area contributed by atoms with Gasteiger partial charge in [0.05, 0.1) is 12.2 Å². The smallest absolute Gasteiger partial charge is 0.441 e. The zero-order valence-electron chi connectivity index (χ0n) is 15.9. The quantitative estimate of drug-likeness (QED) is 0.533. The molecule has 0 spiro atoms. The predicted octanol–water partition coefficient (Wildman–Crippen LogP) is 5.19. The van der Waals surface area contributed by atoms with Crippen LogP contribution in [0.3, 0.4) is 0 Å². The van der Waals surface area contributed by atoms with Crippen molar-refractivity contribution < 1.29 is 31.5 Å². The van der Waals surface area contributed by atoms with Crippen LogP contribution in [0.15, 0.2) is 59.1 Å². The van der Waals surface area contributed by atoms with Gasteiger partial charge in [0.15, 0.2) is 11.7 Å². The molecule has 0 saturated heterocycles. The summed E-state index contributed by atoms with van der Waals surface area (Å²) in [7, 11) is 0. The molecule has 1 heterocycles. The van der Waals surface area contributed by atoms with E-state index in [1.807, 2.05) is 0 Å². The number of oxazole rings is 1. The number of nitrogens with zero attached hydrogens (tertiary/aromatic N) is 1. The Morgan fingerprint density at radius 3 is 2.43 bits per heavy atom. The number of aromatic nitrogens is 1. The van der Waals surface area contributed by atoms with Crippen LogP contribution in [-0.2, 0) is 11.2 Å². The number of ether oxygens (including phenoxy) is 1. The van der Waals surface area contributed by atoms with Gasteiger partial charge in [-0.1, -0.05) is 12.1 Å². The Balaban J connectivity index is 1.50. The molecule has 0 fully saturated rings. The lowest BCUT2D eigenvalue weighted by atomic mass is 10.1. The zero-order valence-corrected chi connectivity index (χ0v) is 15.9. The largest absolute Gasteiger partial charge is 0.573 e. The van der Waals surface area contributed by atoms with E-state index < -0.39 is 12.4 Å². The second-order valence-corrected chi connectivity index (χ2v) is 6.53. The van der Waals surface area contributed by atoms with Crippen molar-refractivity contribution in [3.63, 3.8) is 0 Å². The molecule has 0 aliphatic heterocycles. The number of hydrogen-bond donors (Lipinski definition) is 1. The summed E-state index contributed by atoms with van der Waals surface area (Å²) in [5.41, 5.74) is 1.30. The molecule has 0 aliphatic rings.